The zero-order chi connectivity index (χ0) is 11.2. The molecule has 0 spiro atoms. The Balaban J connectivity index is 2.67. The van der Waals surface area contributed by atoms with E-state index in [-0.39, 0.29) is 17.8 Å². The third-order valence-corrected chi connectivity index (χ3v) is 2.69. The molecule has 1 aliphatic heterocycles. The van der Waals surface area contributed by atoms with Gasteiger partial charge in [-0.1, -0.05) is 26.8 Å². The monoisotopic (exact) mass is 204 g/mol. The van der Waals surface area contributed by atoms with Crippen LogP contribution in [0.15, 0.2) is 12.1 Å². The number of rotatable bonds is 0. The highest BCUT2D eigenvalue weighted by atomic mass is 16.5. The average molecular weight is 204 g/mol. The largest absolute Gasteiger partial charge is 0.484 e. The number of ketones is 1. The minimum absolute atomic E-state index is 0.0146. The van der Waals surface area contributed by atoms with Gasteiger partial charge in [-0.15, -0.1) is 0 Å². The molecular weight excluding hydrogens is 188 g/mol. The summed E-state index contributed by atoms with van der Waals surface area (Å²) >= 11 is 0. The molecule has 0 bridgehead atoms. The lowest BCUT2D eigenvalue weighted by atomic mass is 9.84. The molecule has 2 nitrogen and oxygen atoms in total. The van der Waals surface area contributed by atoms with E-state index in [0.717, 1.165) is 22.4 Å². The van der Waals surface area contributed by atoms with Gasteiger partial charge < -0.3 is 4.74 Å². The van der Waals surface area contributed by atoms with Crippen molar-refractivity contribution in [2.24, 2.45) is 0 Å². The highest BCUT2D eigenvalue weighted by molar-refractivity contribution is 6.03. The molecule has 15 heavy (non-hydrogen) atoms. The van der Waals surface area contributed by atoms with Crippen LogP contribution in [0.2, 0.25) is 0 Å². The molecule has 0 aromatic heterocycles. The second kappa shape index (κ2) is 3.09. The molecule has 0 saturated heterocycles. The molecule has 1 aromatic carbocycles. The van der Waals surface area contributed by atoms with E-state index in [4.69, 9.17) is 4.74 Å². The molecule has 0 amide bonds. The summed E-state index contributed by atoms with van der Waals surface area (Å²) in [5.74, 6) is 0.886. The fraction of sp³-hybridized carbons (Fsp3) is 0.462. The number of aryl methyl sites for hydroxylation is 1. The van der Waals surface area contributed by atoms with Gasteiger partial charge in [-0.25, -0.2) is 0 Å². The molecule has 0 aliphatic carbocycles. The summed E-state index contributed by atoms with van der Waals surface area (Å²) in [7, 11) is 0. The van der Waals surface area contributed by atoms with Gasteiger partial charge in [0.2, 0.25) is 5.78 Å². The Hall–Kier alpha value is -1.31. The normalized spacial score (nSPS) is 15.1. The summed E-state index contributed by atoms with van der Waals surface area (Å²) in [5, 5.41) is 0. The molecule has 0 atom stereocenters. The van der Waals surface area contributed by atoms with E-state index in [1.165, 1.54) is 0 Å². The van der Waals surface area contributed by atoms with Crippen molar-refractivity contribution >= 4 is 5.78 Å². The van der Waals surface area contributed by atoms with Gasteiger partial charge in [0.25, 0.3) is 0 Å². The highest BCUT2D eigenvalue weighted by Crippen LogP contribution is 2.38. The van der Waals surface area contributed by atoms with E-state index in [1.54, 1.807) is 0 Å². The van der Waals surface area contributed by atoms with Crippen LogP contribution in [0.1, 0.15) is 42.3 Å². The lowest BCUT2D eigenvalue weighted by Crippen LogP contribution is -2.13. The SMILES string of the molecule is Cc1cc2c(c(C(C)(C)C)c1)OCC2=O. The van der Waals surface area contributed by atoms with E-state index < -0.39 is 0 Å². The number of Topliss-reactive ketones (excluding diaryl/α,β-unsaturated/α-hetero) is 1. The van der Waals surface area contributed by atoms with E-state index in [0.29, 0.717) is 0 Å². The molecule has 0 saturated carbocycles. The number of carbonyl (C=O) groups excluding carboxylic acids is 1. The highest BCUT2D eigenvalue weighted by Gasteiger charge is 2.29. The predicted molar refractivity (Wildman–Crippen MR) is 59.7 cm³/mol. The van der Waals surface area contributed by atoms with E-state index in [1.807, 2.05) is 13.0 Å². The third-order valence-electron chi connectivity index (χ3n) is 2.69. The van der Waals surface area contributed by atoms with Crippen LogP contribution in [0, 0.1) is 6.92 Å². The van der Waals surface area contributed by atoms with E-state index in [2.05, 4.69) is 26.8 Å². The zero-order valence-electron chi connectivity index (χ0n) is 9.68. The van der Waals surface area contributed by atoms with Gasteiger partial charge in [-0.3, -0.25) is 4.79 Å². The summed E-state index contributed by atoms with van der Waals surface area (Å²) in [6, 6.07) is 4.03. The van der Waals surface area contributed by atoms with Crippen molar-refractivity contribution in [3.05, 3.63) is 28.8 Å². The van der Waals surface area contributed by atoms with Gasteiger partial charge in [0.05, 0.1) is 5.56 Å². The minimum Gasteiger partial charge on any atom is -0.484 e. The Kier molecular flexibility index (Phi) is 2.10. The standard InChI is InChI=1S/C13H16O2/c1-8-5-9-11(14)7-15-12(9)10(6-8)13(2,3)4/h5-6H,7H2,1-4H3. The Labute approximate surface area is 90.3 Å². The van der Waals surface area contributed by atoms with Gasteiger partial charge in [0.15, 0.2) is 6.61 Å². The molecule has 1 aliphatic rings. The van der Waals surface area contributed by atoms with Crippen molar-refractivity contribution < 1.29 is 9.53 Å². The van der Waals surface area contributed by atoms with Gasteiger partial charge in [-0.05, 0) is 24.0 Å². The third kappa shape index (κ3) is 1.65. The molecule has 0 radical (unpaired) electrons. The average Bonchev–Trinajstić information content (AvgIpc) is 2.45. The summed E-state index contributed by atoms with van der Waals surface area (Å²) in [4.78, 5) is 11.6. The first-order valence-corrected chi connectivity index (χ1v) is 5.21. The van der Waals surface area contributed by atoms with Gasteiger partial charge in [0.1, 0.15) is 5.75 Å². The first kappa shape index (κ1) is 10.2. The van der Waals surface area contributed by atoms with Crippen molar-refractivity contribution in [3.63, 3.8) is 0 Å². The maximum absolute atomic E-state index is 11.6. The molecule has 2 heteroatoms. The molecule has 0 unspecified atom stereocenters. The van der Waals surface area contributed by atoms with Crippen LogP contribution in [-0.2, 0) is 5.41 Å². The van der Waals surface area contributed by atoms with Crippen LogP contribution in [0.4, 0.5) is 0 Å². The number of benzene rings is 1. The van der Waals surface area contributed by atoms with Crippen LogP contribution in [0.25, 0.3) is 0 Å². The molecule has 0 fully saturated rings. The smallest absolute Gasteiger partial charge is 0.203 e. The van der Waals surface area contributed by atoms with Crippen molar-refractivity contribution in [2.45, 2.75) is 33.1 Å². The maximum Gasteiger partial charge on any atom is 0.203 e. The molecule has 1 heterocycles. The summed E-state index contributed by atoms with van der Waals surface area (Å²) in [5.41, 5.74) is 3.02. The number of fused-ring (bicyclic) bond motifs is 1. The number of carbonyl (C=O) groups is 1. The first-order valence-electron chi connectivity index (χ1n) is 5.21. The Morgan fingerprint density at radius 1 is 1.27 bits per heavy atom. The van der Waals surface area contributed by atoms with Gasteiger partial charge in [0, 0.05) is 5.56 Å². The van der Waals surface area contributed by atoms with Gasteiger partial charge >= 0.3 is 0 Å². The zero-order valence-corrected chi connectivity index (χ0v) is 9.68. The lowest BCUT2D eigenvalue weighted by Gasteiger charge is -2.22. The van der Waals surface area contributed by atoms with Crippen LogP contribution < -0.4 is 4.74 Å². The molecule has 80 valence electrons. The minimum atomic E-state index is 0.0146. The van der Waals surface area contributed by atoms with E-state index in [9.17, 15) is 4.79 Å². The molecule has 0 N–H and O–H groups in total. The Bertz CT molecular complexity index is 425. The van der Waals surface area contributed by atoms with Crippen molar-refractivity contribution in [2.75, 3.05) is 6.61 Å². The summed E-state index contributed by atoms with van der Waals surface area (Å²) < 4.78 is 5.47. The van der Waals surface area contributed by atoms with Crippen molar-refractivity contribution in [1.82, 2.24) is 0 Å². The topological polar surface area (TPSA) is 26.3 Å². The molecular formula is C13H16O2. The molecule has 1 aromatic rings. The van der Waals surface area contributed by atoms with Crippen LogP contribution in [0.3, 0.4) is 0 Å². The van der Waals surface area contributed by atoms with Crippen LogP contribution >= 0.6 is 0 Å². The summed E-state index contributed by atoms with van der Waals surface area (Å²) in [6.45, 7) is 8.61. The Morgan fingerprint density at radius 2 is 1.93 bits per heavy atom. The van der Waals surface area contributed by atoms with Gasteiger partial charge in [-0.2, -0.15) is 0 Å². The number of hydrogen-bond acceptors (Lipinski definition) is 2. The van der Waals surface area contributed by atoms with Crippen molar-refractivity contribution in [1.29, 1.82) is 0 Å². The first-order chi connectivity index (χ1) is 6.89. The molecule has 2 rings (SSSR count). The van der Waals surface area contributed by atoms with Crippen LogP contribution in [0.5, 0.6) is 5.75 Å². The van der Waals surface area contributed by atoms with E-state index >= 15 is 0 Å². The number of hydrogen-bond donors (Lipinski definition) is 0. The fourth-order valence-corrected chi connectivity index (χ4v) is 1.91. The Morgan fingerprint density at radius 3 is 2.53 bits per heavy atom. The second-order valence-electron chi connectivity index (χ2n) is 5.15. The number of ether oxygens (including phenoxy) is 1. The fourth-order valence-electron chi connectivity index (χ4n) is 1.91. The lowest BCUT2D eigenvalue weighted by molar-refractivity contribution is 0.0960. The quantitative estimate of drug-likeness (QED) is 0.649. The predicted octanol–water partition coefficient (Wildman–Crippen LogP) is 2.87. The van der Waals surface area contributed by atoms with Crippen LogP contribution in [-0.4, -0.2) is 12.4 Å². The summed E-state index contributed by atoms with van der Waals surface area (Å²) in [6.07, 6.45) is 0. The second-order valence-corrected chi connectivity index (χ2v) is 5.15. The maximum atomic E-state index is 11.6. The van der Waals surface area contributed by atoms with Crippen molar-refractivity contribution in [3.8, 4) is 5.75 Å².